The van der Waals surface area contributed by atoms with E-state index in [1.54, 1.807) is 7.11 Å². The number of ether oxygens (including phenoxy) is 2. The fraction of sp³-hybridized carbons (Fsp3) is 0.625. The number of benzene rings is 1. The van der Waals surface area contributed by atoms with E-state index in [0.717, 1.165) is 24.0 Å². The molecule has 0 saturated heterocycles. The second-order valence-corrected chi connectivity index (χ2v) is 5.77. The van der Waals surface area contributed by atoms with Gasteiger partial charge in [0.25, 0.3) is 0 Å². The lowest BCUT2D eigenvalue weighted by Crippen LogP contribution is -2.40. The molecule has 1 saturated carbocycles. The fourth-order valence-electron chi connectivity index (χ4n) is 2.38. The van der Waals surface area contributed by atoms with Crippen molar-refractivity contribution in [1.82, 2.24) is 5.32 Å². The molecule has 2 rings (SSSR count). The number of hydrogen-bond acceptors (Lipinski definition) is 3. The number of nitrogens with one attached hydrogen (secondary N) is 1. The Bertz CT molecular complexity index is 425. The summed E-state index contributed by atoms with van der Waals surface area (Å²) in [6.45, 7) is 8.08. The van der Waals surface area contributed by atoms with Gasteiger partial charge in [-0.25, -0.2) is 0 Å². The highest BCUT2D eigenvalue weighted by Crippen LogP contribution is 2.39. The SMILES string of the molecule is CCOc1ccc(CNC(C)(C)C2CC2)cc1OC. The maximum atomic E-state index is 5.53. The zero-order valence-electron chi connectivity index (χ0n) is 12.5. The summed E-state index contributed by atoms with van der Waals surface area (Å²) >= 11 is 0. The molecule has 0 unspecified atom stereocenters. The van der Waals surface area contributed by atoms with Crippen LogP contribution < -0.4 is 14.8 Å². The van der Waals surface area contributed by atoms with Crippen LogP contribution in [0.25, 0.3) is 0 Å². The maximum absolute atomic E-state index is 5.53. The van der Waals surface area contributed by atoms with Gasteiger partial charge in [-0.2, -0.15) is 0 Å². The summed E-state index contributed by atoms with van der Waals surface area (Å²) in [5.41, 5.74) is 1.46. The zero-order valence-corrected chi connectivity index (χ0v) is 12.5. The third-order valence-electron chi connectivity index (χ3n) is 3.87. The minimum Gasteiger partial charge on any atom is -0.493 e. The van der Waals surface area contributed by atoms with Crippen LogP contribution in [0.1, 0.15) is 39.2 Å². The molecule has 1 aliphatic carbocycles. The van der Waals surface area contributed by atoms with E-state index in [2.05, 4.69) is 31.3 Å². The van der Waals surface area contributed by atoms with Crippen LogP contribution in [0.15, 0.2) is 18.2 Å². The second-order valence-electron chi connectivity index (χ2n) is 5.77. The van der Waals surface area contributed by atoms with Gasteiger partial charge in [0.2, 0.25) is 0 Å². The minimum absolute atomic E-state index is 0.228. The molecule has 0 aliphatic heterocycles. The third-order valence-corrected chi connectivity index (χ3v) is 3.87. The van der Waals surface area contributed by atoms with Crippen molar-refractivity contribution in [2.45, 2.75) is 45.7 Å². The van der Waals surface area contributed by atoms with E-state index in [1.165, 1.54) is 18.4 Å². The smallest absolute Gasteiger partial charge is 0.161 e. The molecule has 1 aliphatic rings. The van der Waals surface area contributed by atoms with Crippen molar-refractivity contribution in [1.29, 1.82) is 0 Å². The van der Waals surface area contributed by atoms with Crippen molar-refractivity contribution in [2.75, 3.05) is 13.7 Å². The first-order chi connectivity index (χ1) is 9.06. The van der Waals surface area contributed by atoms with Gasteiger partial charge in [0.1, 0.15) is 0 Å². The van der Waals surface area contributed by atoms with Gasteiger partial charge >= 0.3 is 0 Å². The van der Waals surface area contributed by atoms with Gasteiger partial charge in [0, 0.05) is 12.1 Å². The molecule has 19 heavy (non-hydrogen) atoms. The average molecular weight is 263 g/mol. The van der Waals surface area contributed by atoms with Crippen LogP contribution in [0.2, 0.25) is 0 Å². The van der Waals surface area contributed by atoms with E-state index in [9.17, 15) is 0 Å². The Morgan fingerprint density at radius 2 is 2.00 bits per heavy atom. The Labute approximate surface area is 116 Å². The molecule has 0 bridgehead atoms. The van der Waals surface area contributed by atoms with Gasteiger partial charge in [-0.3, -0.25) is 0 Å². The van der Waals surface area contributed by atoms with Crippen molar-refractivity contribution in [2.24, 2.45) is 5.92 Å². The molecule has 3 heteroatoms. The molecule has 1 fully saturated rings. The predicted octanol–water partition coefficient (Wildman–Crippen LogP) is 3.37. The Kier molecular flexibility index (Phi) is 4.35. The summed E-state index contributed by atoms with van der Waals surface area (Å²) in [6.07, 6.45) is 2.71. The number of rotatable bonds is 7. The highest BCUT2D eigenvalue weighted by atomic mass is 16.5. The lowest BCUT2D eigenvalue weighted by atomic mass is 9.98. The monoisotopic (exact) mass is 263 g/mol. The standard InChI is InChI=1S/C16H25NO2/c1-5-19-14-9-6-12(10-15(14)18-4)11-17-16(2,3)13-7-8-13/h6,9-10,13,17H,5,7-8,11H2,1-4H3. The first-order valence-electron chi connectivity index (χ1n) is 7.11. The molecule has 0 aromatic heterocycles. The Morgan fingerprint density at radius 1 is 1.26 bits per heavy atom. The highest BCUT2D eigenvalue weighted by molar-refractivity contribution is 5.43. The molecule has 0 spiro atoms. The molecular formula is C16H25NO2. The lowest BCUT2D eigenvalue weighted by Gasteiger charge is -2.26. The Morgan fingerprint density at radius 3 is 2.58 bits per heavy atom. The van der Waals surface area contributed by atoms with Crippen LogP contribution >= 0.6 is 0 Å². The molecule has 1 N–H and O–H groups in total. The van der Waals surface area contributed by atoms with E-state index < -0.39 is 0 Å². The van der Waals surface area contributed by atoms with E-state index >= 15 is 0 Å². The van der Waals surface area contributed by atoms with Crippen LogP contribution in [0.5, 0.6) is 11.5 Å². The highest BCUT2D eigenvalue weighted by Gasteiger charge is 2.37. The van der Waals surface area contributed by atoms with E-state index in [0.29, 0.717) is 6.61 Å². The lowest BCUT2D eigenvalue weighted by molar-refractivity contribution is 0.309. The Hall–Kier alpha value is -1.22. The number of hydrogen-bond donors (Lipinski definition) is 1. The van der Waals surface area contributed by atoms with Crippen LogP contribution in [0, 0.1) is 5.92 Å². The van der Waals surface area contributed by atoms with Gasteiger partial charge < -0.3 is 14.8 Å². The summed E-state index contributed by atoms with van der Waals surface area (Å²) in [7, 11) is 1.68. The van der Waals surface area contributed by atoms with E-state index in [-0.39, 0.29) is 5.54 Å². The quantitative estimate of drug-likeness (QED) is 0.818. The first-order valence-corrected chi connectivity index (χ1v) is 7.11. The fourth-order valence-corrected chi connectivity index (χ4v) is 2.38. The largest absolute Gasteiger partial charge is 0.493 e. The first kappa shape index (κ1) is 14.2. The van der Waals surface area contributed by atoms with E-state index in [4.69, 9.17) is 9.47 Å². The molecule has 0 amide bonds. The summed E-state index contributed by atoms with van der Waals surface area (Å²) in [6, 6.07) is 6.15. The van der Waals surface area contributed by atoms with Gasteiger partial charge in [0.15, 0.2) is 11.5 Å². The van der Waals surface area contributed by atoms with Crippen LogP contribution in [0.4, 0.5) is 0 Å². The van der Waals surface area contributed by atoms with E-state index in [1.807, 2.05) is 13.0 Å². The normalized spacial score (nSPS) is 15.4. The Balaban J connectivity index is 2.00. The molecule has 1 aromatic carbocycles. The van der Waals surface area contributed by atoms with Crippen molar-refractivity contribution in [3.05, 3.63) is 23.8 Å². The summed E-state index contributed by atoms with van der Waals surface area (Å²) in [5, 5.41) is 3.64. The molecule has 1 aromatic rings. The third kappa shape index (κ3) is 3.63. The van der Waals surface area contributed by atoms with Gasteiger partial charge in [-0.05, 0) is 57.2 Å². The predicted molar refractivity (Wildman–Crippen MR) is 77.8 cm³/mol. The number of methoxy groups -OCH3 is 1. The van der Waals surface area contributed by atoms with Crippen LogP contribution in [-0.2, 0) is 6.54 Å². The van der Waals surface area contributed by atoms with Crippen molar-refractivity contribution in [3.63, 3.8) is 0 Å². The van der Waals surface area contributed by atoms with Crippen LogP contribution in [0.3, 0.4) is 0 Å². The van der Waals surface area contributed by atoms with Gasteiger partial charge in [0.05, 0.1) is 13.7 Å². The molecule has 3 nitrogen and oxygen atoms in total. The van der Waals surface area contributed by atoms with Crippen molar-refractivity contribution < 1.29 is 9.47 Å². The second kappa shape index (κ2) is 5.83. The van der Waals surface area contributed by atoms with Crippen molar-refractivity contribution >= 4 is 0 Å². The molecule has 0 atom stereocenters. The maximum Gasteiger partial charge on any atom is 0.161 e. The topological polar surface area (TPSA) is 30.5 Å². The molecule has 0 heterocycles. The minimum atomic E-state index is 0.228. The van der Waals surface area contributed by atoms with Crippen molar-refractivity contribution in [3.8, 4) is 11.5 Å². The molecule has 0 radical (unpaired) electrons. The zero-order chi connectivity index (χ0) is 13.9. The molecular weight excluding hydrogens is 238 g/mol. The van der Waals surface area contributed by atoms with Gasteiger partial charge in [-0.15, -0.1) is 0 Å². The summed E-state index contributed by atoms with van der Waals surface area (Å²) in [4.78, 5) is 0. The van der Waals surface area contributed by atoms with Crippen LogP contribution in [-0.4, -0.2) is 19.3 Å². The summed E-state index contributed by atoms with van der Waals surface area (Å²) < 4.78 is 10.9. The average Bonchev–Trinajstić information content (AvgIpc) is 3.22. The van der Waals surface area contributed by atoms with Gasteiger partial charge in [-0.1, -0.05) is 6.07 Å². The molecule has 106 valence electrons. The summed E-state index contributed by atoms with van der Waals surface area (Å²) in [5.74, 6) is 2.46.